The van der Waals surface area contributed by atoms with Crippen molar-refractivity contribution in [2.24, 2.45) is 0 Å². The summed E-state index contributed by atoms with van der Waals surface area (Å²) in [5.41, 5.74) is -1.79. The minimum atomic E-state index is -4.87. The molecule has 0 atom stereocenters. The summed E-state index contributed by atoms with van der Waals surface area (Å²) in [6.45, 7) is 3.77. The second-order valence-corrected chi connectivity index (χ2v) is 5.54. The summed E-state index contributed by atoms with van der Waals surface area (Å²) in [6.07, 6.45) is -9.69. The van der Waals surface area contributed by atoms with Crippen LogP contribution >= 0.6 is 0 Å². The zero-order valence-electron chi connectivity index (χ0n) is 12.4. The van der Waals surface area contributed by atoms with Crippen molar-refractivity contribution in [3.05, 3.63) is 59.2 Å². The maximum atomic E-state index is 13.2. The number of hydrogen-bond acceptors (Lipinski definition) is 0. The SMILES string of the molecule is CC(C)c1cccc(-c2ccc(C(F)(F)F)cc2C(F)(F)F)c1. The van der Waals surface area contributed by atoms with Crippen molar-refractivity contribution in [2.45, 2.75) is 32.1 Å². The lowest BCUT2D eigenvalue weighted by molar-refractivity contribution is -0.142. The predicted octanol–water partition coefficient (Wildman–Crippen LogP) is 6.51. The smallest absolute Gasteiger partial charge is 0.166 e. The van der Waals surface area contributed by atoms with Gasteiger partial charge in [0.05, 0.1) is 11.1 Å². The quantitative estimate of drug-likeness (QED) is 0.550. The molecule has 0 fully saturated rings. The van der Waals surface area contributed by atoms with Crippen LogP contribution in [0.15, 0.2) is 42.5 Å². The molecule has 23 heavy (non-hydrogen) atoms. The molecule has 0 aromatic heterocycles. The Hall–Kier alpha value is -1.98. The minimum Gasteiger partial charge on any atom is -0.166 e. The van der Waals surface area contributed by atoms with Crippen LogP contribution in [0.4, 0.5) is 26.3 Å². The van der Waals surface area contributed by atoms with Gasteiger partial charge in [-0.2, -0.15) is 26.3 Å². The van der Waals surface area contributed by atoms with E-state index < -0.39 is 23.5 Å². The first kappa shape index (κ1) is 17.4. The number of benzene rings is 2. The van der Waals surface area contributed by atoms with Gasteiger partial charge in [0.2, 0.25) is 0 Å². The number of rotatable bonds is 2. The van der Waals surface area contributed by atoms with Crippen molar-refractivity contribution in [1.82, 2.24) is 0 Å². The first-order valence-corrected chi connectivity index (χ1v) is 6.89. The third-order valence-electron chi connectivity index (χ3n) is 3.52. The fourth-order valence-corrected chi connectivity index (χ4v) is 2.27. The van der Waals surface area contributed by atoms with Crippen LogP contribution in [-0.4, -0.2) is 0 Å². The van der Waals surface area contributed by atoms with Gasteiger partial charge in [0.15, 0.2) is 0 Å². The Morgan fingerprint density at radius 3 is 1.96 bits per heavy atom. The Bertz CT molecular complexity index is 695. The van der Waals surface area contributed by atoms with Crippen molar-refractivity contribution in [3.63, 3.8) is 0 Å². The maximum Gasteiger partial charge on any atom is 0.417 e. The highest BCUT2D eigenvalue weighted by Gasteiger charge is 2.38. The third kappa shape index (κ3) is 3.86. The Balaban J connectivity index is 2.65. The van der Waals surface area contributed by atoms with Gasteiger partial charge in [-0.05, 0) is 34.7 Å². The fraction of sp³-hybridized carbons (Fsp3) is 0.294. The molecule has 0 amide bonds. The fourth-order valence-electron chi connectivity index (χ4n) is 2.27. The summed E-state index contributed by atoms with van der Waals surface area (Å²) in [4.78, 5) is 0. The molecule has 6 heteroatoms. The van der Waals surface area contributed by atoms with E-state index in [1.807, 2.05) is 13.8 Å². The molecule has 0 aliphatic heterocycles. The van der Waals surface area contributed by atoms with E-state index in [0.717, 1.165) is 11.6 Å². The van der Waals surface area contributed by atoms with E-state index in [0.29, 0.717) is 6.07 Å². The van der Waals surface area contributed by atoms with E-state index in [1.54, 1.807) is 18.2 Å². The molecule has 0 aliphatic carbocycles. The van der Waals surface area contributed by atoms with Gasteiger partial charge in [-0.15, -0.1) is 0 Å². The second-order valence-electron chi connectivity index (χ2n) is 5.54. The topological polar surface area (TPSA) is 0 Å². The van der Waals surface area contributed by atoms with Crippen molar-refractivity contribution in [1.29, 1.82) is 0 Å². The Morgan fingerprint density at radius 1 is 0.783 bits per heavy atom. The standard InChI is InChI=1S/C17H14F6/c1-10(2)11-4-3-5-12(8-11)14-7-6-13(16(18,19)20)9-15(14)17(21,22)23/h3-10H,1-2H3. The van der Waals surface area contributed by atoms with Crippen LogP contribution in [0.3, 0.4) is 0 Å². The molecule has 124 valence electrons. The molecule has 0 saturated carbocycles. The Labute approximate surface area is 129 Å². The van der Waals surface area contributed by atoms with Gasteiger partial charge in [0.25, 0.3) is 0 Å². The Morgan fingerprint density at radius 2 is 1.43 bits per heavy atom. The molecule has 0 radical (unpaired) electrons. The zero-order chi connectivity index (χ0) is 17.4. The molecule has 0 aliphatic rings. The van der Waals surface area contributed by atoms with E-state index in [2.05, 4.69) is 0 Å². The molecule has 0 N–H and O–H groups in total. The zero-order valence-corrected chi connectivity index (χ0v) is 12.4. The van der Waals surface area contributed by atoms with Crippen molar-refractivity contribution in [2.75, 3.05) is 0 Å². The van der Waals surface area contributed by atoms with Gasteiger partial charge < -0.3 is 0 Å². The highest BCUT2D eigenvalue weighted by Crippen LogP contribution is 2.41. The molecule has 2 aromatic carbocycles. The van der Waals surface area contributed by atoms with E-state index in [-0.39, 0.29) is 23.1 Å². The van der Waals surface area contributed by atoms with Crippen molar-refractivity contribution < 1.29 is 26.3 Å². The van der Waals surface area contributed by atoms with E-state index in [4.69, 9.17) is 0 Å². The highest BCUT2D eigenvalue weighted by atomic mass is 19.4. The monoisotopic (exact) mass is 332 g/mol. The van der Waals surface area contributed by atoms with Gasteiger partial charge in [-0.1, -0.05) is 44.2 Å². The molecule has 0 heterocycles. The number of halogens is 6. The van der Waals surface area contributed by atoms with E-state index in [1.165, 1.54) is 6.07 Å². The molecule has 2 aromatic rings. The minimum absolute atomic E-state index is 0.0961. The van der Waals surface area contributed by atoms with Gasteiger partial charge in [-0.3, -0.25) is 0 Å². The summed E-state index contributed by atoms with van der Waals surface area (Å²) in [6, 6.07) is 8.12. The predicted molar refractivity (Wildman–Crippen MR) is 76.0 cm³/mol. The molecule has 0 bridgehead atoms. The summed E-state index contributed by atoms with van der Waals surface area (Å²) in [5, 5.41) is 0. The van der Waals surface area contributed by atoms with Crippen molar-refractivity contribution in [3.8, 4) is 11.1 Å². The van der Waals surface area contributed by atoms with Crippen molar-refractivity contribution >= 4 is 0 Å². The van der Waals surface area contributed by atoms with Crippen LogP contribution in [0.25, 0.3) is 11.1 Å². The number of hydrogen-bond donors (Lipinski definition) is 0. The second kappa shape index (κ2) is 5.91. The van der Waals surface area contributed by atoms with Gasteiger partial charge in [0, 0.05) is 0 Å². The van der Waals surface area contributed by atoms with Crippen LogP contribution in [0, 0.1) is 0 Å². The third-order valence-corrected chi connectivity index (χ3v) is 3.52. The lowest BCUT2D eigenvalue weighted by Gasteiger charge is -2.17. The lowest BCUT2D eigenvalue weighted by Crippen LogP contribution is -2.12. The molecular weight excluding hydrogens is 318 g/mol. The van der Waals surface area contributed by atoms with Gasteiger partial charge >= 0.3 is 12.4 Å². The average Bonchev–Trinajstić information content (AvgIpc) is 2.45. The summed E-state index contributed by atoms with van der Waals surface area (Å²) >= 11 is 0. The molecule has 0 spiro atoms. The lowest BCUT2D eigenvalue weighted by atomic mass is 9.93. The molecule has 2 rings (SSSR count). The van der Waals surface area contributed by atoms with Gasteiger partial charge in [0.1, 0.15) is 0 Å². The van der Waals surface area contributed by atoms with Crippen LogP contribution in [0.1, 0.15) is 36.5 Å². The summed E-state index contributed by atoms with van der Waals surface area (Å²) < 4.78 is 77.7. The van der Waals surface area contributed by atoms with Crippen LogP contribution < -0.4 is 0 Å². The van der Waals surface area contributed by atoms with E-state index in [9.17, 15) is 26.3 Å². The molecule has 0 nitrogen and oxygen atoms in total. The molecule has 0 unspecified atom stereocenters. The van der Waals surface area contributed by atoms with Crippen LogP contribution in [0.5, 0.6) is 0 Å². The normalized spacial score (nSPS) is 12.7. The number of alkyl halides is 6. The summed E-state index contributed by atoms with van der Waals surface area (Å²) in [5.74, 6) is 0.0961. The first-order chi connectivity index (χ1) is 10.5. The maximum absolute atomic E-state index is 13.2. The largest absolute Gasteiger partial charge is 0.417 e. The average molecular weight is 332 g/mol. The summed E-state index contributed by atoms with van der Waals surface area (Å²) in [7, 11) is 0. The van der Waals surface area contributed by atoms with Crippen LogP contribution in [-0.2, 0) is 12.4 Å². The first-order valence-electron chi connectivity index (χ1n) is 6.89. The highest BCUT2D eigenvalue weighted by molar-refractivity contribution is 5.69. The van der Waals surface area contributed by atoms with Crippen LogP contribution in [0.2, 0.25) is 0 Å². The van der Waals surface area contributed by atoms with E-state index >= 15 is 0 Å². The Kier molecular flexibility index (Phi) is 4.46. The molecule has 0 saturated heterocycles. The molecular formula is C17H14F6. The van der Waals surface area contributed by atoms with Gasteiger partial charge in [-0.25, -0.2) is 0 Å².